The summed E-state index contributed by atoms with van der Waals surface area (Å²) in [6.45, 7) is 2.34. The predicted octanol–water partition coefficient (Wildman–Crippen LogP) is 4.45. The molecule has 4 rings (SSSR count). The van der Waals surface area contributed by atoms with Crippen LogP contribution in [-0.4, -0.2) is 51.6 Å². The molecule has 0 saturated carbocycles. The van der Waals surface area contributed by atoms with E-state index in [0.717, 1.165) is 4.57 Å². The number of hydrogen-bond donors (Lipinski definition) is 0. The number of rotatable bonds is 4. The Morgan fingerprint density at radius 2 is 1.75 bits per heavy atom. The van der Waals surface area contributed by atoms with Gasteiger partial charge < -0.3 is 14.2 Å². The van der Waals surface area contributed by atoms with Crippen molar-refractivity contribution in [3.05, 3.63) is 70.5 Å². The molecule has 1 saturated heterocycles. The molecule has 0 radical (unpaired) electrons. The van der Waals surface area contributed by atoms with Crippen LogP contribution in [0.15, 0.2) is 42.7 Å². The Bertz CT molecular complexity index is 1110. The van der Waals surface area contributed by atoms with Gasteiger partial charge in [-0.05, 0) is 36.2 Å². The molecule has 1 aliphatic rings. The number of carbonyl (C=O) groups excluding carboxylic acids is 1. The summed E-state index contributed by atoms with van der Waals surface area (Å²) in [5, 5.41) is 0.445. The van der Waals surface area contributed by atoms with Crippen molar-refractivity contribution in [2.24, 2.45) is 0 Å². The molecular weight excluding hydrogens is 445 g/mol. The standard InChI is InChI=1S/C22H20ClF3N4O2/c1-14-18(15-3-5-16(23)6-4-15)19(21(31)29-9-11-32-12-10-29)30(20(14)22(24,25)26)13-17-27-7-2-8-28-17/h2-8H,9-13H2,1H3. The SMILES string of the molecule is Cc1c(-c2ccc(Cl)cc2)c(C(=O)N2CCOCC2)n(Cc2ncccn2)c1C(F)(F)F. The van der Waals surface area contributed by atoms with E-state index in [1.54, 1.807) is 30.3 Å². The topological polar surface area (TPSA) is 60.2 Å². The Morgan fingerprint density at radius 3 is 2.34 bits per heavy atom. The molecule has 10 heteroatoms. The van der Waals surface area contributed by atoms with Gasteiger partial charge in [0.2, 0.25) is 0 Å². The van der Waals surface area contributed by atoms with E-state index in [0.29, 0.717) is 36.9 Å². The summed E-state index contributed by atoms with van der Waals surface area (Å²) < 4.78 is 49.1. The van der Waals surface area contributed by atoms with Gasteiger partial charge >= 0.3 is 6.18 Å². The summed E-state index contributed by atoms with van der Waals surface area (Å²) in [5.74, 6) is -0.320. The van der Waals surface area contributed by atoms with Crippen LogP contribution in [0, 0.1) is 6.92 Å². The van der Waals surface area contributed by atoms with Crippen LogP contribution in [-0.2, 0) is 17.5 Å². The van der Waals surface area contributed by atoms with Crippen molar-refractivity contribution in [2.75, 3.05) is 26.3 Å². The Morgan fingerprint density at radius 1 is 1.12 bits per heavy atom. The van der Waals surface area contributed by atoms with E-state index in [1.807, 2.05) is 0 Å². The normalized spacial score (nSPS) is 14.6. The molecule has 0 bridgehead atoms. The first-order chi connectivity index (χ1) is 15.3. The predicted molar refractivity (Wildman–Crippen MR) is 112 cm³/mol. The van der Waals surface area contributed by atoms with Crippen LogP contribution in [0.5, 0.6) is 0 Å². The molecule has 0 spiro atoms. The summed E-state index contributed by atoms with van der Waals surface area (Å²) in [7, 11) is 0. The number of aromatic nitrogens is 3. The maximum absolute atomic E-state index is 14.3. The zero-order valence-corrected chi connectivity index (χ0v) is 18.0. The molecule has 1 fully saturated rings. The van der Waals surface area contributed by atoms with E-state index in [9.17, 15) is 18.0 Å². The highest BCUT2D eigenvalue weighted by atomic mass is 35.5. The number of carbonyl (C=O) groups is 1. The van der Waals surface area contributed by atoms with Crippen molar-refractivity contribution in [2.45, 2.75) is 19.6 Å². The fraction of sp³-hybridized carbons (Fsp3) is 0.318. The van der Waals surface area contributed by atoms with Crippen LogP contribution in [0.3, 0.4) is 0 Å². The Hall–Kier alpha value is -2.91. The van der Waals surface area contributed by atoms with Crippen LogP contribution in [0.4, 0.5) is 13.2 Å². The van der Waals surface area contributed by atoms with Crippen molar-refractivity contribution in [3.8, 4) is 11.1 Å². The van der Waals surface area contributed by atoms with Crippen LogP contribution >= 0.6 is 11.6 Å². The molecule has 2 aromatic heterocycles. The smallest absolute Gasteiger partial charge is 0.378 e. The molecule has 6 nitrogen and oxygen atoms in total. The Labute approximate surface area is 187 Å². The number of nitrogens with zero attached hydrogens (tertiary/aromatic N) is 4. The maximum atomic E-state index is 14.3. The summed E-state index contributed by atoms with van der Waals surface area (Å²) >= 11 is 5.99. The monoisotopic (exact) mass is 464 g/mol. The molecule has 0 N–H and O–H groups in total. The van der Waals surface area contributed by atoms with E-state index < -0.39 is 17.8 Å². The van der Waals surface area contributed by atoms with Crippen LogP contribution in [0.1, 0.15) is 27.6 Å². The van der Waals surface area contributed by atoms with E-state index in [-0.39, 0.29) is 29.2 Å². The van der Waals surface area contributed by atoms with Crippen molar-refractivity contribution < 1.29 is 22.7 Å². The van der Waals surface area contributed by atoms with Crippen molar-refractivity contribution in [1.82, 2.24) is 19.4 Å². The Kier molecular flexibility index (Phi) is 6.21. The average molecular weight is 465 g/mol. The van der Waals surface area contributed by atoms with Gasteiger partial charge in [0.05, 0.1) is 19.8 Å². The number of alkyl halides is 3. The molecule has 32 heavy (non-hydrogen) atoms. The van der Waals surface area contributed by atoms with Gasteiger partial charge in [0.15, 0.2) is 0 Å². The second-order valence-electron chi connectivity index (χ2n) is 7.36. The molecule has 168 valence electrons. The number of hydrogen-bond acceptors (Lipinski definition) is 4. The van der Waals surface area contributed by atoms with Crippen molar-refractivity contribution in [1.29, 1.82) is 0 Å². The number of morpholine rings is 1. The first-order valence-electron chi connectivity index (χ1n) is 9.96. The van der Waals surface area contributed by atoms with E-state index in [4.69, 9.17) is 16.3 Å². The number of benzene rings is 1. The fourth-order valence-electron chi connectivity index (χ4n) is 3.93. The van der Waals surface area contributed by atoms with Crippen molar-refractivity contribution in [3.63, 3.8) is 0 Å². The zero-order chi connectivity index (χ0) is 22.9. The third kappa shape index (κ3) is 4.35. The lowest BCUT2D eigenvalue weighted by Gasteiger charge is -2.28. The minimum absolute atomic E-state index is 0.0348. The molecule has 0 atom stereocenters. The van der Waals surface area contributed by atoms with Crippen molar-refractivity contribution >= 4 is 17.5 Å². The molecule has 1 amide bonds. The van der Waals surface area contributed by atoms with Crippen LogP contribution in [0.25, 0.3) is 11.1 Å². The number of ether oxygens (including phenoxy) is 1. The van der Waals surface area contributed by atoms with Gasteiger partial charge in [0.25, 0.3) is 5.91 Å². The van der Waals surface area contributed by atoms with Crippen LogP contribution < -0.4 is 0 Å². The molecule has 1 aliphatic heterocycles. The molecule has 3 aromatic rings. The van der Waals surface area contributed by atoms with E-state index in [2.05, 4.69) is 9.97 Å². The van der Waals surface area contributed by atoms with Gasteiger partial charge in [-0.25, -0.2) is 9.97 Å². The summed E-state index contributed by atoms with van der Waals surface area (Å²) in [6.07, 6.45) is -1.78. The molecule has 0 unspecified atom stereocenters. The highest BCUT2D eigenvalue weighted by Crippen LogP contribution is 2.41. The van der Waals surface area contributed by atoms with Gasteiger partial charge in [0.1, 0.15) is 17.2 Å². The summed E-state index contributed by atoms with van der Waals surface area (Å²) in [5.41, 5.74) is -0.284. The van der Waals surface area contributed by atoms with Gasteiger partial charge in [-0.3, -0.25) is 4.79 Å². The highest BCUT2D eigenvalue weighted by Gasteiger charge is 2.42. The lowest BCUT2D eigenvalue weighted by Crippen LogP contribution is -2.42. The minimum Gasteiger partial charge on any atom is -0.378 e. The fourth-order valence-corrected chi connectivity index (χ4v) is 4.06. The molecule has 3 heterocycles. The van der Waals surface area contributed by atoms with E-state index >= 15 is 0 Å². The zero-order valence-electron chi connectivity index (χ0n) is 17.2. The lowest BCUT2D eigenvalue weighted by atomic mass is 10.00. The van der Waals surface area contributed by atoms with Crippen LogP contribution in [0.2, 0.25) is 5.02 Å². The number of amides is 1. The quantitative estimate of drug-likeness (QED) is 0.572. The number of halogens is 4. The third-order valence-corrected chi connectivity index (χ3v) is 5.58. The first kappa shape index (κ1) is 22.3. The van der Waals surface area contributed by atoms with Gasteiger partial charge in [-0.15, -0.1) is 0 Å². The molecule has 0 aliphatic carbocycles. The second kappa shape index (κ2) is 8.91. The lowest BCUT2D eigenvalue weighted by molar-refractivity contribution is -0.143. The largest absolute Gasteiger partial charge is 0.431 e. The van der Waals surface area contributed by atoms with E-state index in [1.165, 1.54) is 24.2 Å². The molecule has 1 aromatic carbocycles. The average Bonchev–Trinajstić information content (AvgIpc) is 3.07. The summed E-state index contributed by atoms with van der Waals surface area (Å²) in [6, 6.07) is 7.98. The Balaban J connectivity index is 1.97. The summed E-state index contributed by atoms with van der Waals surface area (Å²) in [4.78, 5) is 23.2. The third-order valence-electron chi connectivity index (χ3n) is 5.33. The highest BCUT2D eigenvalue weighted by molar-refractivity contribution is 6.30. The maximum Gasteiger partial charge on any atom is 0.431 e. The van der Waals surface area contributed by atoms with Gasteiger partial charge in [-0.1, -0.05) is 23.7 Å². The first-order valence-corrected chi connectivity index (χ1v) is 10.3. The molecular formula is C22H20ClF3N4O2. The minimum atomic E-state index is -4.69. The second-order valence-corrected chi connectivity index (χ2v) is 7.79. The van der Waals surface area contributed by atoms with Gasteiger partial charge in [0, 0.05) is 36.1 Å². The van der Waals surface area contributed by atoms with Gasteiger partial charge in [-0.2, -0.15) is 13.2 Å².